The highest BCUT2D eigenvalue weighted by molar-refractivity contribution is 5.94. The normalized spacial score (nSPS) is 10.4. The fraction of sp³-hybridized carbons (Fsp3) is 0.308. The minimum absolute atomic E-state index is 0.0779. The van der Waals surface area contributed by atoms with Gasteiger partial charge in [-0.3, -0.25) is 0 Å². The minimum Gasteiger partial charge on any atom is -0.461 e. The van der Waals surface area contributed by atoms with Crippen molar-refractivity contribution in [2.45, 2.75) is 13.5 Å². The molecule has 0 atom stereocenters. The summed E-state index contributed by atoms with van der Waals surface area (Å²) in [5, 5.41) is 16.8. The number of nitrogens with zero attached hydrogens (tertiary/aromatic N) is 3. The maximum absolute atomic E-state index is 11.9. The lowest BCUT2D eigenvalue weighted by atomic mass is 10.1. The zero-order chi connectivity index (χ0) is 13.7. The number of benzene rings is 1. The molecule has 0 saturated carbocycles. The van der Waals surface area contributed by atoms with Gasteiger partial charge in [-0.05, 0) is 6.92 Å². The minimum atomic E-state index is -0.509. The number of aliphatic hydroxyl groups is 1. The standard InChI is InChI=1S/C13H15N3O3/c1-2-19-13(18)11-12(10-6-4-3-5-7-10)16(8-9-17)15-14-11/h3-7,17H,2,8-9H2,1H3. The van der Waals surface area contributed by atoms with Crippen LogP contribution in [0.25, 0.3) is 11.3 Å². The SMILES string of the molecule is CCOC(=O)c1nnn(CCO)c1-c1ccccc1. The molecular weight excluding hydrogens is 246 g/mol. The smallest absolute Gasteiger partial charge is 0.361 e. The highest BCUT2D eigenvalue weighted by Gasteiger charge is 2.21. The molecule has 0 spiro atoms. The molecule has 0 amide bonds. The summed E-state index contributed by atoms with van der Waals surface area (Å²) in [4.78, 5) is 11.9. The number of hydrogen-bond donors (Lipinski definition) is 1. The number of esters is 1. The van der Waals surface area contributed by atoms with E-state index in [1.165, 1.54) is 4.68 Å². The highest BCUT2D eigenvalue weighted by Crippen LogP contribution is 2.22. The summed E-state index contributed by atoms with van der Waals surface area (Å²) in [5.74, 6) is -0.509. The van der Waals surface area contributed by atoms with Crippen molar-refractivity contribution in [2.24, 2.45) is 0 Å². The predicted octanol–water partition coefficient (Wildman–Crippen LogP) is 1.11. The molecule has 0 bridgehead atoms. The van der Waals surface area contributed by atoms with Gasteiger partial charge < -0.3 is 9.84 Å². The van der Waals surface area contributed by atoms with E-state index in [-0.39, 0.29) is 25.5 Å². The first-order chi connectivity index (χ1) is 9.27. The molecule has 0 unspecified atom stereocenters. The van der Waals surface area contributed by atoms with Gasteiger partial charge in [0.25, 0.3) is 0 Å². The first-order valence-electron chi connectivity index (χ1n) is 6.04. The maximum atomic E-state index is 11.9. The molecule has 0 aliphatic heterocycles. The molecular formula is C13H15N3O3. The van der Waals surface area contributed by atoms with Gasteiger partial charge in [-0.15, -0.1) is 5.10 Å². The third-order valence-electron chi connectivity index (χ3n) is 2.56. The summed E-state index contributed by atoms with van der Waals surface area (Å²) in [6.45, 7) is 2.21. The number of aliphatic hydroxyl groups excluding tert-OH is 1. The molecule has 1 N–H and O–H groups in total. The quantitative estimate of drug-likeness (QED) is 0.816. The van der Waals surface area contributed by atoms with Crippen LogP contribution in [-0.2, 0) is 11.3 Å². The van der Waals surface area contributed by atoms with Crippen molar-refractivity contribution in [1.29, 1.82) is 0 Å². The summed E-state index contributed by atoms with van der Waals surface area (Å²) in [5.41, 5.74) is 1.54. The van der Waals surface area contributed by atoms with Crippen molar-refractivity contribution in [3.63, 3.8) is 0 Å². The maximum Gasteiger partial charge on any atom is 0.361 e. The molecule has 6 nitrogen and oxygen atoms in total. The Hall–Kier alpha value is -2.21. The van der Waals surface area contributed by atoms with Crippen molar-refractivity contribution in [1.82, 2.24) is 15.0 Å². The van der Waals surface area contributed by atoms with E-state index >= 15 is 0 Å². The van der Waals surface area contributed by atoms with E-state index in [0.29, 0.717) is 5.69 Å². The average Bonchev–Trinajstić information content (AvgIpc) is 2.84. The van der Waals surface area contributed by atoms with E-state index < -0.39 is 5.97 Å². The van der Waals surface area contributed by atoms with Crippen molar-refractivity contribution >= 4 is 5.97 Å². The van der Waals surface area contributed by atoms with Gasteiger partial charge in [0.2, 0.25) is 0 Å². The molecule has 100 valence electrons. The number of aromatic nitrogens is 3. The Balaban J connectivity index is 2.48. The third kappa shape index (κ3) is 2.79. The molecule has 1 aromatic heterocycles. The average molecular weight is 261 g/mol. The van der Waals surface area contributed by atoms with Crippen LogP contribution in [0.3, 0.4) is 0 Å². The first-order valence-corrected chi connectivity index (χ1v) is 6.04. The molecule has 0 fully saturated rings. The van der Waals surface area contributed by atoms with Gasteiger partial charge in [0.15, 0.2) is 5.69 Å². The summed E-state index contributed by atoms with van der Waals surface area (Å²) < 4.78 is 6.47. The van der Waals surface area contributed by atoms with E-state index in [4.69, 9.17) is 9.84 Å². The molecule has 0 aliphatic carbocycles. The predicted molar refractivity (Wildman–Crippen MR) is 68.5 cm³/mol. The van der Waals surface area contributed by atoms with Gasteiger partial charge in [0, 0.05) is 5.56 Å². The fourth-order valence-corrected chi connectivity index (χ4v) is 1.78. The Labute approximate surface area is 110 Å². The van der Waals surface area contributed by atoms with Crippen molar-refractivity contribution in [3.8, 4) is 11.3 Å². The molecule has 1 heterocycles. The molecule has 2 rings (SSSR count). The lowest BCUT2D eigenvalue weighted by molar-refractivity contribution is 0.0520. The van der Waals surface area contributed by atoms with E-state index in [1.54, 1.807) is 6.92 Å². The Kier molecular flexibility index (Phi) is 4.25. The third-order valence-corrected chi connectivity index (χ3v) is 2.56. The summed E-state index contributed by atoms with van der Waals surface area (Å²) >= 11 is 0. The van der Waals surface area contributed by atoms with Gasteiger partial charge >= 0.3 is 5.97 Å². The Morgan fingerprint density at radius 1 is 1.37 bits per heavy atom. The number of hydrogen-bond acceptors (Lipinski definition) is 5. The van der Waals surface area contributed by atoms with Crippen LogP contribution in [0.4, 0.5) is 0 Å². The van der Waals surface area contributed by atoms with Crippen LogP contribution in [0.15, 0.2) is 30.3 Å². The van der Waals surface area contributed by atoms with E-state index in [2.05, 4.69) is 10.3 Å². The second-order valence-electron chi connectivity index (χ2n) is 3.82. The van der Waals surface area contributed by atoms with Crippen LogP contribution in [0.2, 0.25) is 0 Å². The lowest BCUT2D eigenvalue weighted by Crippen LogP contribution is -2.09. The second kappa shape index (κ2) is 6.10. The van der Waals surface area contributed by atoms with Gasteiger partial charge in [-0.1, -0.05) is 35.5 Å². The van der Waals surface area contributed by atoms with Gasteiger partial charge in [0.05, 0.1) is 19.8 Å². The van der Waals surface area contributed by atoms with E-state index in [9.17, 15) is 4.79 Å². The lowest BCUT2D eigenvalue weighted by Gasteiger charge is -2.06. The zero-order valence-corrected chi connectivity index (χ0v) is 10.6. The second-order valence-corrected chi connectivity index (χ2v) is 3.82. The van der Waals surface area contributed by atoms with Gasteiger partial charge in [-0.2, -0.15) is 0 Å². The number of carbonyl (C=O) groups excluding carboxylic acids is 1. The van der Waals surface area contributed by atoms with Crippen LogP contribution >= 0.6 is 0 Å². The summed E-state index contributed by atoms with van der Waals surface area (Å²) in [7, 11) is 0. The van der Waals surface area contributed by atoms with Crippen LogP contribution in [-0.4, -0.2) is 39.3 Å². The highest BCUT2D eigenvalue weighted by atomic mass is 16.5. The van der Waals surface area contributed by atoms with Crippen molar-refractivity contribution < 1.29 is 14.6 Å². The topological polar surface area (TPSA) is 77.2 Å². The number of ether oxygens (including phenoxy) is 1. The zero-order valence-electron chi connectivity index (χ0n) is 10.6. The molecule has 0 aliphatic rings. The first kappa shape index (κ1) is 13.2. The molecule has 6 heteroatoms. The Morgan fingerprint density at radius 3 is 2.74 bits per heavy atom. The molecule has 19 heavy (non-hydrogen) atoms. The molecule has 0 radical (unpaired) electrons. The van der Waals surface area contributed by atoms with Crippen LogP contribution in [0.1, 0.15) is 17.4 Å². The van der Waals surface area contributed by atoms with Gasteiger partial charge in [-0.25, -0.2) is 9.48 Å². The van der Waals surface area contributed by atoms with Crippen LogP contribution < -0.4 is 0 Å². The van der Waals surface area contributed by atoms with E-state index in [0.717, 1.165) is 5.56 Å². The largest absolute Gasteiger partial charge is 0.461 e. The summed E-state index contributed by atoms with van der Waals surface area (Å²) in [6.07, 6.45) is 0. The van der Waals surface area contributed by atoms with E-state index in [1.807, 2.05) is 30.3 Å². The Bertz CT molecular complexity index is 552. The molecule has 1 aromatic carbocycles. The molecule has 0 saturated heterocycles. The molecule has 2 aromatic rings. The van der Waals surface area contributed by atoms with Crippen LogP contribution in [0.5, 0.6) is 0 Å². The number of carbonyl (C=O) groups is 1. The van der Waals surface area contributed by atoms with Gasteiger partial charge in [0.1, 0.15) is 5.69 Å². The van der Waals surface area contributed by atoms with Crippen molar-refractivity contribution in [2.75, 3.05) is 13.2 Å². The number of rotatable bonds is 5. The Morgan fingerprint density at radius 2 is 2.11 bits per heavy atom. The monoisotopic (exact) mass is 261 g/mol. The van der Waals surface area contributed by atoms with Crippen molar-refractivity contribution in [3.05, 3.63) is 36.0 Å². The summed E-state index contributed by atoms with van der Waals surface area (Å²) in [6, 6.07) is 9.32. The fourth-order valence-electron chi connectivity index (χ4n) is 1.78. The van der Waals surface area contributed by atoms with Crippen LogP contribution in [0, 0.1) is 0 Å².